The molecule has 0 radical (unpaired) electrons. The van der Waals surface area contributed by atoms with Gasteiger partial charge in [0.2, 0.25) is 0 Å². The van der Waals surface area contributed by atoms with E-state index < -0.39 is 30.1 Å². The summed E-state index contributed by atoms with van der Waals surface area (Å²) in [5, 5.41) is 0. The van der Waals surface area contributed by atoms with Crippen LogP contribution in [0.4, 0.5) is 18.9 Å². The number of hydrogen-bond acceptors (Lipinski definition) is 2. The summed E-state index contributed by atoms with van der Waals surface area (Å²) in [7, 11) is -0.846. The molecule has 1 saturated heterocycles. The van der Waals surface area contributed by atoms with Gasteiger partial charge in [-0.1, -0.05) is 12.1 Å². The van der Waals surface area contributed by atoms with Crippen LogP contribution < -0.4 is 5.46 Å². The quantitative estimate of drug-likeness (QED) is 0.584. The lowest BCUT2D eigenvalue weighted by molar-refractivity contribution is -0.137. The summed E-state index contributed by atoms with van der Waals surface area (Å²) in [6, 6.07) is 3.01. The highest BCUT2D eigenvalue weighted by molar-refractivity contribution is 6.64. The number of halogens is 3. The van der Waals surface area contributed by atoms with Gasteiger partial charge in [-0.25, -0.2) is 4.85 Å². The monoisotopic (exact) mass is 297 g/mol. The Morgan fingerprint density at radius 2 is 1.62 bits per heavy atom. The van der Waals surface area contributed by atoms with Gasteiger partial charge in [0.1, 0.15) is 0 Å². The lowest BCUT2D eigenvalue weighted by Gasteiger charge is -2.32. The molecular formula is C14H15BF3NO2. The molecule has 1 aliphatic heterocycles. The molecule has 0 bridgehead atoms. The van der Waals surface area contributed by atoms with E-state index in [1.807, 2.05) is 27.7 Å². The van der Waals surface area contributed by atoms with E-state index in [1.54, 1.807) is 0 Å². The summed E-state index contributed by atoms with van der Waals surface area (Å²) < 4.78 is 49.6. The van der Waals surface area contributed by atoms with Crippen molar-refractivity contribution < 1.29 is 22.5 Å². The highest BCUT2D eigenvalue weighted by Gasteiger charge is 2.52. The first-order valence-electron chi connectivity index (χ1n) is 6.42. The Balaban J connectivity index is 2.41. The molecule has 1 aromatic carbocycles. The highest BCUT2D eigenvalue weighted by Crippen LogP contribution is 2.38. The third kappa shape index (κ3) is 2.78. The van der Waals surface area contributed by atoms with E-state index in [4.69, 9.17) is 15.9 Å². The molecule has 0 saturated carbocycles. The largest absolute Gasteiger partial charge is 0.483 e. The van der Waals surface area contributed by atoms with Crippen LogP contribution in [0.5, 0.6) is 0 Å². The van der Waals surface area contributed by atoms with Crippen LogP contribution in [-0.4, -0.2) is 18.3 Å². The van der Waals surface area contributed by atoms with Crippen LogP contribution in [0.3, 0.4) is 0 Å². The van der Waals surface area contributed by atoms with E-state index in [0.29, 0.717) is 5.46 Å². The Hall–Kier alpha value is -1.52. The zero-order valence-corrected chi connectivity index (χ0v) is 12.2. The van der Waals surface area contributed by atoms with E-state index >= 15 is 0 Å². The minimum Gasteiger partial charge on any atom is -0.400 e. The molecule has 2 rings (SSSR count). The topological polar surface area (TPSA) is 22.8 Å². The van der Waals surface area contributed by atoms with Crippen LogP contribution in [0.1, 0.15) is 33.3 Å². The molecule has 112 valence electrons. The fourth-order valence-electron chi connectivity index (χ4n) is 1.99. The zero-order chi connectivity index (χ0) is 16.1. The summed E-state index contributed by atoms with van der Waals surface area (Å²) in [6.45, 7) is 14.5. The number of rotatable bonds is 1. The Labute approximate surface area is 122 Å². The fraction of sp³-hybridized carbons (Fsp3) is 0.500. The molecule has 1 aromatic rings. The lowest BCUT2D eigenvalue weighted by Crippen LogP contribution is -2.41. The lowest BCUT2D eigenvalue weighted by atomic mass is 9.77. The second-order valence-electron chi connectivity index (χ2n) is 5.97. The van der Waals surface area contributed by atoms with Crippen molar-refractivity contribution in [2.24, 2.45) is 0 Å². The predicted octanol–water partition coefficient (Wildman–Crippen LogP) is 3.56. The van der Waals surface area contributed by atoms with E-state index in [9.17, 15) is 13.2 Å². The smallest absolute Gasteiger partial charge is 0.400 e. The molecule has 7 heteroatoms. The molecule has 0 aliphatic carbocycles. The van der Waals surface area contributed by atoms with Gasteiger partial charge in [0.25, 0.3) is 0 Å². The van der Waals surface area contributed by atoms with Gasteiger partial charge in [-0.3, -0.25) is 0 Å². The Kier molecular flexibility index (Phi) is 3.59. The second kappa shape index (κ2) is 4.75. The van der Waals surface area contributed by atoms with E-state index in [2.05, 4.69) is 4.85 Å². The molecule has 0 atom stereocenters. The maximum Gasteiger partial charge on any atom is 0.483 e. The first-order valence-corrected chi connectivity index (χ1v) is 6.42. The number of alkyl halides is 3. The van der Waals surface area contributed by atoms with Gasteiger partial charge in [-0.15, -0.1) is 0 Å². The average Bonchev–Trinajstić information content (AvgIpc) is 2.56. The average molecular weight is 297 g/mol. The normalized spacial score (nSPS) is 20.4. The molecule has 0 amide bonds. The summed E-state index contributed by atoms with van der Waals surface area (Å²) in [5.41, 5.74) is -1.87. The molecule has 21 heavy (non-hydrogen) atoms. The van der Waals surface area contributed by atoms with Gasteiger partial charge >= 0.3 is 13.3 Å². The minimum atomic E-state index is -4.48. The van der Waals surface area contributed by atoms with Crippen molar-refractivity contribution in [2.75, 3.05) is 0 Å². The van der Waals surface area contributed by atoms with Crippen molar-refractivity contribution in [3.05, 3.63) is 35.2 Å². The predicted molar refractivity (Wildman–Crippen MR) is 73.4 cm³/mol. The van der Waals surface area contributed by atoms with Gasteiger partial charge in [0.15, 0.2) is 5.69 Å². The number of hydrogen-bond donors (Lipinski definition) is 0. The molecule has 1 fully saturated rings. The van der Waals surface area contributed by atoms with Crippen molar-refractivity contribution in [2.45, 2.75) is 45.1 Å². The van der Waals surface area contributed by atoms with Crippen LogP contribution >= 0.6 is 0 Å². The molecule has 0 N–H and O–H groups in total. The minimum absolute atomic E-state index is 0.108. The molecule has 0 spiro atoms. The van der Waals surface area contributed by atoms with Crippen LogP contribution in [-0.2, 0) is 15.5 Å². The molecule has 1 aliphatic rings. The summed E-state index contributed by atoms with van der Waals surface area (Å²) in [6.07, 6.45) is -4.48. The van der Waals surface area contributed by atoms with E-state index in [0.717, 1.165) is 12.1 Å². The van der Waals surface area contributed by atoms with Crippen molar-refractivity contribution in [3.8, 4) is 0 Å². The molecule has 0 unspecified atom stereocenters. The molecule has 3 nitrogen and oxygen atoms in total. The van der Waals surface area contributed by atoms with Gasteiger partial charge in [0.05, 0.1) is 17.8 Å². The van der Waals surface area contributed by atoms with Gasteiger partial charge in [-0.05, 0) is 39.2 Å². The molecular weight excluding hydrogens is 282 g/mol. The molecule has 1 heterocycles. The first-order chi connectivity index (χ1) is 9.48. The Morgan fingerprint density at radius 3 is 2.05 bits per heavy atom. The third-order valence-electron chi connectivity index (χ3n) is 3.99. The number of benzene rings is 1. The standard InChI is InChI=1S/C14H15BF3NO2/c1-12(2)13(3,4)21-15(20-12)10-7-6-9(14(16,17)18)8-11(10)19-5/h6-8H,1-4H3. The SMILES string of the molecule is [C-]#[N+]c1cc(C(F)(F)F)ccc1B1OC(C)(C)C(C)(C)O1. The maximum absolute atomic E-state index is 12.7. The Morgan fingerprint density at radius 1 is 1.10 bits per heavy atom. The molecule has 0 aromatic heterocycles. The zero-order valence-electron chi connectivity index (χ0n) is 12.2. The van der Waals surface area contributed by atoms with Crippen molar-refractivity contribution in [1.82, 2.24) is 0 Å². The van der Waals surface area contributed by atoms with Crippen LogP contribution in [0, 0.1) is 6.57 Å². The highest BCUT2D eigenvalue weighted by atomic mass is 19.4. The van der Waals surface area contributed by atoms with Crippen LogP contribution in [0.25, 0.3) is 4.85 Å². The third-order valence-corrected chi connectivity index (χ3v) is 3.99. The van der Waals surface area contributed by atoms with Crippen molar-refractivity contribution >= 4 is 18.3 Å². The van der Waals surface area contributed by atoms with Gasteiger partial charge in [0, 0.05) is 5.56 Å². The van der Waals surface area contributed by atoms with Gasteiger partial charge < -0.3 is 9.31 Å². The van der Waals surface area contributed by atoms with Crippen molar-refractivity contribution in [3.63, 3.8) is 0 Å². The van der Waals surface area contributed by atoms with Gasteiger partial charge in [-0.2, -0.15) is 13.2 Å². The Bertz CT molecular complexity index is 589. The number of nitrogens with zero attached hydrogens (tertiary/aromatic N) is 1. The van der Waals surface area contributed by atoms with E-state index in [1.165, 1.54) is 6.07 Å². The van der Waals surface area contributed by atoms with Crippen LogP contribution in [0.15, 0.2) is 18.2 Å². The second-order valence-corrected chi connectivity index (χ2v) is 5.97. The maximum atomic E-state index is 12.7. The van der Waals surface area contributed by atoms with Crippen LogP contribution in [0.2, 0.25) is 0 Å². The summed E-state index contributed by atoms with van der Waals surface area (Å²) in [4.78, 5) is 3.17. The fourth-order valence-corrected chi connectivity index (χ4v) is 1.99. The summed E-state index contributed by atoms with van der Waals surface area (Å²) in [5.74, 6) is 0. The first kappa shape index (κ1) is 15.9. The van der Waals surface area contributed by atoms with Crippen molar-refractivity contribution in [1.29, 1.82) is 0 Å². The summed E-state index contributed by atoms with van der Waals surface area (Å²) >= 11 is 0. The van der Waals surface area contributed by atoms with E-state index in [-0.39, 0.29) is 5.69 Å².